The maximum Gasteiger partial charge on any atom is 0.217 e. The van der Waals surface area contributed by atoms with E-state index in [9.17, 15) is 4.79 Å². The average molecular weight is 257 g/mol. The Bertz CT molecular complexity index is 475. The number of hydrogen-bond donors (Lipinski definition) is 2. The summed E-state index contributed by atoms with van der Waals surface area (Å²) in [4.78, 5) is 10.6. The van der Waals surface area contributed by atoms with Crippen LogP contribution in [0.15, 0.2) is 12.1 Å². The molecule has 1 rings (SSSR count). The van der Waals surface area contributed by atoms with E-state index in [0.717, 1.165) is 0 Å². The number of amides is 1. The van der Waals surface area contributed by atoms with Gasteiger partial charge in [-0.25, -0.2) is 0 Å². The summed E-state index contributed by atoms with van der Waals surface area (Å²) in [6, 6.07) is 3.18. The van der Waals surface area contributed by atoms with Crippen LogP contribution in [0, 0.1) is 11.8 Å². The fourth-order valence-electron chi connectivity index (χ4n) is 0.996. The van der Waals surface area contributed by atoms with Crippen molar-refractivity contribution >= 4 is 34.8 Å². The van der Waals surface area contributed by atoms with Crippen LogP contribution in [0.3, 0.4) is 0 Å². The molecule has 1 amide bonds. The molecular weight excluding hydrogens is 247 g/mol. The van der Waals surface area contributed by atoms with E-state index in [1.165, 1.54) is 6.92 Å². The fourth-order valence-corrected chi connectivity index (χ4v) is 1.49. The molecule has 5 heteroatoms. The molecule has 0 bridgehead atoms. The highest BCUT2D eigenvalue weighted by atomic mass is 35.5. The molecule has 0 atom stereocenters. The number of hydrogen-bond acceptors (Lipinski definition) is 2. The van der Waals surface area contributed by atoms with Crippen molar-refractivity contribution in [2.45, 2.75) is 6.92 Å². The van der Waals surface area contributed by atoms with E-state index in [1.54, 1.807) is 12.1 Å². The molecular formula is C11H10Cl2N2O. The van der Waals surface area contributed by atoms with Crippen molar-refractivity contribution in [3.8, 4) is 11.8 Å². The summed E-state index contributed by atoms with van der Waals surface area (Å²) in [6.07, 6.45) is 0. The fraction of sp³-hybridized carbons (Fsp3) is 0.182. The second kappa shape index (κ2) is 5.64. The molecule has 0 unspecified atom stereocenters. The maximum atomic E-state index is 10.6. The van der Waals surface area contributed by atoms with Gasteiger partial charge in [0.1, 0.15) is 0 Å². The van der Waals surface area contributed by atoms with Gasteiger partial charge in [-0.05, 0) is 12.1 Å². The van der Waals surface area contributed by atoms with E-state index in [1.807, 2.05) is 0 Å². The second-order valence-corrected chi connectivity index (χ2v) is 3.90. The topological polar surface area (TPSA) is 55.1 Å². The lowest BCUT2D eigenvalue weighted by Crippen LogP contribution is -2.19. The monoisotopic (exact) mass is 256 g/mol. The minimum atomic E-state index is -0.133. The van der Waals surface area contributed by atoms with Gasteiger partial charge < -0.3 is 11.1 Å². The van der Waals surface area contributed by atoms with Gasteiger partial charge in [0, 0.05) is 11.9 Å². The smallest absolute Gasteiger partial charge is 0.217 e. The third kappa shape index (κ3) is 3.65. The quantitative estimate of drug-likeness (QED) is 0.597. The Hall–Kier alpha value is -1.37. The molecule has 1 aromatic carbocycles. The van der Waals surface area contributed by atoms with E-state index < -0.39 is 0 Å². The Labute approximate surface area is 104 Å². The van der Waals surface area contributed by atoms with Crippen LogP contribution in [0.25, 0.3) is 0 Å². The highest BCUT2D eigenvalue weighted by Gasteiger charge is 2.03. The molecule has 0 aromatic heterocycles. The molecule has 0 spiro atoms. The minimum Gasteiger partial charge on any atom is -0.397 e. The van der Waals surface area contributed by atoms with Crippen LogP contribution in [-0.2, 0) is 4.79 Å². The summed E-state index contributed by atoms with van der Waals surface area (Å²) < 4.78 is 0. The van der Waals surface area contributed by atoms with E-state index in [4.69, 9.17) is 28.9 Å². The number of nitrogens with one attached hydrogen (secondary N) is 1. The summed E-state index contributed by atoms with van der Waals surface area (Å²) in [6.45, 7) is 1.69. The highest BCUT2D eigenvalue weighted by molar-refractivity contribution is 6.36. The largest absolute Gasteiger partial charge is 0.397 e. The van der Waals surface area contributed by atoms with Crippen molar-refractivity contribution in [3.05, 3.63) is 27.7 Å². The first kappa shape index (κ1) is 12.7. The van der Waals surface area contributed by atoms with Crippen molar-refractivity contribution in [2.24, 2.45) is 0 Å². The number of nitrogens with two attached hydrogens (primary N) is 1. The minimum absolute atomic E-state index is 0.133. The molecule has 0 saturated heterocycles. The molecule has 1 aromatic rings. The van der Waals surface area contributed by atoms with Crippen LogP contribution in [0.4, 0.5) is 5.69 Å². The summed E-state index contributed by atoms with van der Waals surface area (Å²) in [5.74, 6) is 5.41. The number of carbonyl (C=O) groups excluding carboxylic acids is 1. The van der Waals surface area contributed by atoms with Crippen LogP contribution >= 0.6 is 23.2 Å². The van der Waals surface area contributed by atoms with Crippen molar-refractivity contribution in [3.63, 3.8) is 0 Å². The Morgan fingerprint density at radius 1 is 1.50 bits per heavy atom. The summed E-state index contributed by atoms with van der Waals surface area (Å²) >= 11 is 11.6. The van der Waals surface area contributed by atoms with E-state index in [0.29, 0.717) is 21.3 Å². The third-order valence-corrected chi connectivity index (χ3v) is 2.27. The van der Waals surface area contributed by atoms with Crippen LogP contribution in [-0.4, -0.2) is 12.5 Å². The molecule has 0 aliphatic heterocycles. The van der Waals surface area contributed by atoms with Gasteiger partial charge in [0.05, 0.1) is 22.8 Å². The number of nitrogen functional groups attached to an aromatic ring is 1. The number of rotatable bonds is 1. The Balaban J connectivity index is 2.84. The molecule has 84 valence electrons. The Kier molecular flexibility index (Phi) is 4.48. The second-order valence-electron chi connectivity index (χ2n) is 3.06. The van der Waals surface area contributed by atoms with Crippen LogP contribution < -0.4 is 11.1 Å². The van der Waals surface area contributed by atoms with Gasteiger partial charge in [0.25, 0.3) is 0 Å². The van der Waals surface area contributed by atoms with E-state index in [2.05, 4.69) is 17.2 Å². The zero-order valence-electron chi connectivity index (χ0n) is 8.60. The molecule has 3 nitrogen and oxygen atoms in total. The lowest BCUT2D eigenvalue weighted by Gasteiger charge is -2.01. The average Bonchev–Trinajstić information content (AvgIpc) is 2.19. The van der Waals surface area contributed by atoms with Crippen LogP contribution in [0.5, 0.6) is 0 Å². The zero-order chi connectivity index (χ0) is 12.1. The zero-order valence-corrected chi connectivity index (χ0v) is 10.1. The van der Waals surface area contributed by atoms with Crippen LogP contribution in [0.2, 0.25) is 10.0 Å². The predicted octanol–water partition coefficient (Wildman–Crippen LogP) is 2.06. The molecule has 3 N–H and O–H groups in total. The Morgan fingerprint density at radius 3 is 2.81 bits per heavy atom. The van der Waals surface area contributed by atoms with Crippen molar-refractivity contribution in [1.29, 1.82) is 0 Å². The highest BCUT2D eigenvalue weighted by Crippen LogP contribution is 2.26. The van der Waals surface area contributed by atoms with Gasteiger partial charge in [-0.2, -0.15) is 0 Å². The van der Waals surface area contributed by atoms with Gasteiger partial charge in [-0.1, -0.05) is 35.0 Å². The molecule has 0 radical (unpaired) electrons. The lowest BCUT2D eigenvalue weighted by atomic mass is 10.2. The Morgan fingerprint density at radius 2 is 2.19 bits per heavy atom. The van der Waals surface area contributed by atoms with Crippen molar-refractivity contribution in [2.75, 3.05) is 12.3 Å². The first-order chi connectivity index (χ1) is 7.50. The summed E-state index contributed by atoms with van der Waals surface area (Å²) in [7, 11) is 0. The number of anilines is 1. The van der Waals surface area contributed by atoms with Gasteiger partial charge in [-0.15, -0.1) is 0 Å². The molecule has 16 heavy (non-hydrogen) atoms. The third-order valence-electron chi connectivity index (χ3n) is 1.74. The van der Waals surface area contributed by atoms with Crippen molar-refractivity contribution < 1.29 is 4.79 Å². The first-order valence-electron chi connectivity index (χ1n) is 4.48. The standard InChI is InChI=1S/C11H10Cl2N2O/c1-7(16)15-4-2-3-8-5-9(12)6-10(13)11(8)14/h5-6H,4,14H2,1H3,(H,15,16). The maximum absolute atomic E-state index is 10.6. The first-order valence-corrected chi connectivity index (χ1v) is 5.24. The SMILES string of the molecule is CC(=O)NCC#Cc1cc(Cl)cc(Cl)c1N. The van der Waals surface area contributed by atoms with Crippen LogP contribution in [0.1, 0.15) is 12.5 Å². The normalized spacial score (nSPS) is 9.19. The van der Waals surface area contributed by atoms with E-state index >= 15 is 0 Å². The van der Waals surface area contributed by atoms with E-state index in [-0.39, 0.29) is 12.5 Å². The van der Waals surface area contributed by atoms with Gasteiger partial charge in [0.15, 0.2) is 0 Å². The lowest BCUT2D eigenvalue weighted by molar-refractivity contribution is -0.118. The van der Waals surface area contributed by atoms with Gasteiger partial charge in [0.2, 0.25) is 5.91 Å². The number of halogens is 2. The molecule has 0 fully saturated rings. The molecule has 0 saturated carbocycles. The number of carbonyl (C=O) groups is 1. The molecule has 0 aliphatic rings. The molecule has 0 aliphatic carbocycles. The summed E-state index contributed by atoms with van der Waals surface area (Å²) in [5, 5.41) is 3.39. The van der Waals surface area contributed by atoms with Gasteiger partial charge in [-0.3, -0.25) is 4.79 Å². The van der Waals surface area contributed by atoms with Gasteiger partial charge >= 0.3 is 0 Å². The predicted molar refractivity (Wildman–Crippen MR) is 66.4 cm³/mol. The summed E-state index contributed by atoms with van der Waals surface area (Å²) in [5.41, 5.74) is 6.66. The molecule has 0 heterocycles. The van der Waals surface area contributed by atoms with Crippen molar-refractivity contribution in [1.82, 2.24) is 5.32 Å². The number of benzene rings is 1.